The molecule has 0 aliphatic heterocycles. The minimum absolute atomic E-state index is 0.0404. The van der Waals surface area contributed by atoms with E-state index in [1.165, 1.54) is 6.20 Å². The molecule has 0 saturated heterocycles. The van der Waals surface area contributed by atoms with Crippen LogP contribution in [-0.2, 0) is 6.42 Å². The van der Waals surface area contributed by atoms with Crippen LogP contribution in [0.3, 0.4) is 0 Å². The van der Waals surface area contributed by atoms with Gasteiger partial charge in [0, 0.05) is 12.5 Å². The van der Waals surface area contributed by atoms with Gasteiger partial charge < -0.3 is 5.32 Å². The van der Waals surface area contributed by atoms with Crippen LogP contribution in [0.5, 0.6) is 0 Å². The average Bonchev–Trinajstić information content (AvgIpc) is 3.03. The molecular weight excluding hydrogens is 332 g/mol. The topological polar surface area (TPSA) is 67.8 Å². The zero-order valence-electron chi connectivity index (χ0n) is 13.6. The summed E-state index contributed by atoms with van der Waals surface area (Å²) in [6, 6.07) is 15.5. The van der Waals surface area contributed by atoms with Crippen molar-refractivity contribution in [1.29, 1.82) is 0 Å². The zero-order valence-corrected chi connectivity index (χ0v) is 14.5. The molecule has 0 spiro atoms. The van der Waals surface area contributed by atoms with E-state index in [2.05, 4.69) is 26.3 Å². The van der Waals surface area contributed by atoms with Crippen LogP contribution in [0, 0.1) is 0 Å². The number of rotatable bonds is 4. The second kappa shape index (κ2) is 6.57. The normalized spacial score (nSPS) is 12.4. The minimum atomic E-state index is -0.216. The summed E-state index contributed by atoms with van der Waals surface area (Å²) >= 11 is 1.66. The van der Waals surface area contributed by atoms with E-state index in [9.17, 15) is 4.79 Å². The van der Waals surface area contributed by atoms with Crippen LogP contribution in [-0.4, -0.2) is 26.9 Å². The summed E-state index contributed by atoms with van der Waals surface area (Å²) in [4.78, 5) is 25.7. The van der Waals surface area contributed by atoms with Crippen LogP contribution in [0.4, 0.5) is 0 Å². The third-order valence-corrected chi connectivity index (χ3v) is 4.94. The molecule has 25 heavy (non-hydrogen) atoms. The Kier molecular flexibility index (Phi) is 4.11. The molecule has 2 heterocycles. The third kappa shape index (κ3) is 3.34. The van der Waals surface area contributed by atoms with Crippen molar-refractivity contribution < 1.29 is 4.79 Å². The molecule has 1 amide bonds. The standard InChI is InChI=1S/C19H16N4OS/c1-12(10-18-23-15-8-4-5-9-17(15)25-18)21-19(24)16-11-20-13-6-2-3-7-14(13)22-16/h2-9,11-12H,10H2,1H3,(H,21,24)/t12-/m1/s1. The predicted octanol–water partition coefficient (Wildman–Crippen LogP) is 3.60. The largest absolute Gasteiger partial charge is 0.348 e. The minimum Gasteiger partial charge on any atom is -0.348 e. The second-order valence-corrected chi connectivity index (χ2v) is 7.01. The molecule has 4 aromatic rings. The number of amides is 1. The van der Waals surface area contributed by atoms with Crippen LogP contribution in [0.25, 0.3) is 21.3 Å². The Morgan fingerprint density at radius 1 is 1.04 bits per heavy atom. The van der Waals surface area contributed by atoms with Gasteiger partial charge in [-0.1, -0.05) is 24.3 Å². The number of para-hydroxylation sites is 3. The van der Waals surface area contributed by atoms with Crippen molar-refractivity contribution in [2.24, 2.45) is 0 Å². The lowest BCUT2D eigenvalue weighted by molar-refractivity contribution is 0.0935. The molecular formula is C19H16N4OS. The lowest BCUT2D eigenvalue weighted by Crippen LogP contribution is -2.34. The SMILES string of the molecule is C[C@H](Cc1nc2ccccc2s1)NC(=O)c1cnc2ccccc2n1. The van der Waals surface area contributed by atoms with Crippen molar-refractivity contribution in [2.75, 3.05) is 0 Å². The predicted molar refractivity (Wildman–Crippen MR) is 99.8 cm³/mol. The van der Waals surface area contributed by atoms with Gasteiger partial charge in [0.2, 0.25) is 0 Å². The number of aromatic nitrogens is 3. The Morgan fingerprint density at radius 3 is 2.56 bits per heavy atom. The number of nitrogens with one attached hydrogen (secondary N) is 1. The molecule has 0 unspecified atom stereocenters. The molecule has 1 N–H and O–H groups in total. The Morgan fingerprint density at radius 2 is 1.76 bits per heavy atom. The highest BCUT2D eigenvalue weighted by Gasteiger charge is 2.14. The molecule has 0 saturated carbocycles. The van der Waals surface area contributed by atoms with E-state index in [4.69, 9.17) is 0 Å². The highest BCUT2D eigenvalue weighted by atomic mass is 32.1. The van der Waals surface area contributed by atoms with E-state index in [1.54, 1.807) is 11.3 Å². The molecule has 2 aromatic heterocycles. The summed E-state index contributed by atoms with van der Waals surface area (Å²) in [5, 5.41) is 3.99. The van der Waals surface area contributed by atoms with Crippen molar-refractivity contribution in [2.45, 2.75) is 19.4 Å². The average molecular weight is 348 g/mol. The highest BCUT2D eigenvalue weighted by molar-refractivity contribution is 7.18. The Balaban J connectivity index is 1.47. The summed E-state index contributed by atoms with van der Waals surface area (Å²) in [6.45, 7) is 1.97. The monoisotopic (exact) mass is 348 g/mol. The van der Waals surface area contributed by atoms with Gasteiger partial charge in [-0.25, -0.2) is 9.97 Å². The first-order valence-corrected chi connectivity index (χ1v) is 8.88. The number of carbonyl (C=O) groups is 1. The quantitative estimate of drug-likeness (QED) is 0.612. The van der Waals surface area contributed by atoms with Crippen molar-refractivity contribution >= 4 is 38.5 Å². The van der Waals surface area contributed by atoms with Gasteiger partial charge in [0.05, 0.1) is 32.5 Å². The number of carbonyl (C=O) groups excluding carboxylic acids is 1. The molecule has 1 atom stereocenters. The Bertz CT molecular complexity index is 1030. The number of fused-ring (bicyclic) bond motifs is 2. The van der Waals surface area contributed by atoms with Gasteiger partial charge >= 0.3 is 0 Å². The van der Waals surface area contributed by atoms with Crippen LogP contribution in [0.15, 0.2) is 54.7 Å². The van der Waals surface area contributed by atoms with Gasteiger partial charge in [0.15, 0.2) is 0 Å². The Labute approximate surface area is 148 Å². The summed E-state index contributed by atoms with van der Waals surface area (Å²) in [5.74, 6) is -0.216. The first-order valence-electron chi connectivity index (χ1n) is 8.06. The number of hydrogen-bond acceptors (Lipinski definition) is 5. The third-order valence-electron chi connectivity index (χ3n) is 3.88. The van der Waals surface area contributed by atoms with Crippen molar-refractivity contribution in [3.63, 3.8) is 0 Å². The van der Waals surface area contributed by atoms with Gasteiger partial charge in [0.25, 0.3) is 5.91 Å². The molecule has 6 heteroatoms. The fraction of sp³-hybridized carbons (Fsp3) is 0.158. The molecule has 4 rings (SSSR count). The maximum Gasteiger partial charge on any atom is 0.271 e. The number of hydrogen-bond donors (Lipinski definition) is 1. The Hall–Kier alpha value is -2.86. The van der Waals surface area contributed by atoms with Gasteiger partial charge in [-0.05, 0) is 31.2 Å². The smallest absolute Gasteiger partial charge is 0.271 e. The maximum absolute atomic E-state index is 12.4. The van der Waals surface area contributed by atoms with Gasteiger partial charge in [-0.15, -0.1) is 11.3 Å². The van der Waals surface area contributed by atoms with E-state index >= 15 is 0 Å². The van der Waals surface area contributed by atoms with Crippen LogP contribution in [0.1, 0.15) is 22.4 Å². The van der Waals surface area contributed by atoms with Crippen molar-refractivity contribution in [3.05, 3.63) is 65.4 Å². The highest BCUT2D eigenvalue weighted by Crippen LogP contribution is 2.22. The summed E-state index contributed by atoms with van der Waals surface area (Å²) < 4.78 is 1.16. The number of nitrogens with zero attached hydrogens (tertiary/aromatic N) is 3. The molecule has 2 aromatic carbocycles. The summed E-state index contributed by atoms with van der Waals surface area (Å²) in [5.41, 5.74) is 2.83. The lowest BCUT2D eigenvalue weighted by Gasteiger charge is -2.12. The van der Waals surface area contributed by atoms with E-state index in [-0.39, 0.29) is 11.9 Å². The zero-order chi connectivity index (χ0) is 17.2. The molecule has 124 valence electrons. The lowest BCUT2D eigenvalue weighted by atomic mass is 10.2. The van der Waals surface area contributed by atoms with E-state index in [0.29, 0.717) is 17.6 Å². The fourth-order valence-electron chi connectivity index (χ4n) is 2.68. The van der Waals surface area contributed by atoms with Gasteiger partial charge in [-0.3, -0.25) is 9.78 Å². The van der Waals surface area contributed by atoms with Crippen LogP contribution in [0.2, 0.25) is 0 Å². The van der Waals surface area contributed by atoms with Crippen LogP contribution >= 0.6 is 11.3 Å². The molecule has 0 aliphatic rings. The molecule has 0 radical (unpaired) electrons. The van der Waals surface area contributed by atoms with E-state index < -0.39 is 0 Å². The number of benzene rings is 2. The fourth-order valence-corrected chi connectivity index (χ4v) is 3.78. The van der Waals surface area contributed by atoms with Crippen LogP contribution < -0.4 is 5.32 Å². The molecule has 0 aliphatic carbocycles. The van der Waals surface area contributed by atoms with Gasteiger partial charge in [0.1, 0.15) is 5.69 Å². The summed E-state index contributed by atoms with van der Waals surface area (Å²) in [6.07, 6.45) is 2.20. The van der Waals surface area contributed by atoms with Crippen molar-refractivity contribution in [3.8, 4) is 0 Å². The second-order valence-electron chi connectivity index (χ2n) is 5.90. The molecule has 0 fully saturated rings. The summed E-state index contributed by atoms with van der Waals surface area (Å²) in [7, 11) is 0. The van der Waals surface area contributed by atoms with E-state index in [1.807, 2.05) is 49.4 Å². The van der Waals surface area contributed by atoms with Gasteiger partial charge in [-0.2, -0.15) is 0 Å². The number of thiazole rings is 1. The first kappa shape index (κ1) is 15.7. The first-order chi connectivity index (χ1) is 12.2. The molecule has 5 nitrogen and oxygen atoms in total. The van der Waals surface area contributed by atoms with Crippen molar-refractivity contribution in [1.82, 2.24) is 20.3 Å². The maximum atomic E-state index is 12.4. The van der Waals surface area contributed by atoms with E-state index in [0.717, 1.165) is 20.7 Å². The molecule has 0 bridgehead atoms.